The lowest BCUT2D eigenvalue weighted by atomic mass is 9.76. The summed E-state index contributed by atoms with van der Waals surface area (Å²) in [6.45, 7) is 0.126. The van der Waals surface area contributed by atoms with E-state index in [1.54, 1.807) is 0 Å². The van der Waals surface area contributed by atoms with Gasteiger partial charge in [0.2, 0.25) is 0 Å². The summed E-state index contributed by atoms with van der Waals surface area (Å²) in [5.41, 5.74) is 8.23. The van der Waals surface area contributed by atoms with Gasteiger partial charge in [0, 0.05) is 6.54 Å². The first-order valence-electron chi connectivity index (χ1n) is 8.94. The van der Waals surface area contributed by atoms with Crippen LogP contribution in [0.15, 0.2) is 91.0 Å². The van der Waals surface area contributed by atoms with Gasteiger partial charge >= 0.3 is 5.97 Å². The molecule has 0 fully saturated rings. The number of benzene rings is 3. The quantitative estimate of drug-likeness (QED) is 0.502. The summed E-state index contributed by atoms with van der Waals surface area (Å²) < 4.78 is 4.98. The summed E-state index contributed by atoms with van der Waals surface area (Å²) in [5.74, 6) is -0.385. The average Bonchev–Trinajstić information content (AvgIpc) is 2.76. The molecule has 3 aromatic rings. The molecule has 0 spiro atoms. The number of nitrogens with one attached hydrogen (secondary N) is 1. The van der Waals surface area contributed by atoms with Crippen LogP contribution in [0, 0.1) is 0 Å². The molecule has 0 heterocycles. The van der Waals surface area contributed by atoms with Crippen molar-refractivity contribution in [2.24, 2.45) is 5.73 Å². The Balaban J connectivity index is 2.27. The SMILES string of the molecule is COC(=O)C(CN)NC(c1ccccc1)(c1ccccc1)c1ccccc1. The van der Waals surface area contributed by atoms with Crippen LogP contribution in [-0.4, -0.2) is 25.7 Å². The Morgan fingerprint density at radius 3 is 1.52 bits per heavy atom. The summed E-state index contributed by atoms with van der Waals surface area (Å²) in [7, 11) is 1.38. The average molecular weight is 360 g/mol. The topological polar surface area (TPSA) is 64.3 Å². The van der Waals surface area contributed by atoms with Gasteiger partial charge < -0.3 is 10.5 Å². The molecule has 0 saturated heterocycles. The zero-order valence-corrected chi connectivity index (χ0v) is 15.3. The maximum Gasteiger partial charge on any atom is 0.324 e. The third kappa shape index (κ3) is 3.77. The standard InChI is InChI=1S/C23H24N2O2/c1-27-22(26)21(17-24)25-23(18-11-5-2-6-12-18,19-13-7-3-8-14-19)20-15-9-4-10-16-20/h2-16,21,25H,17,24H2,1H3. The van der Waals surface area contributed by atoms with E-state index in [0.717, 1.165) is 16.7 Å². The van der Waals surface area contributed by atoms with E-state index in [1.165, 1.54) is 7.11 Å². The van der Waals surface area contributed by atoms with Gasteiger partial charge in [-0.25, -0.2) is 0 Å². The smallest absolute Gasteiger partial charge is 0.324 e. The van der Waals surface area contributed by atoms with Crippen LogP contribution in [0.3, 0.4) is 0 Å². The van der Waals surface area contributed by atoms with Gasteiger partial charge in [0.25, 0.3) is 0 Å². The number of hydrogen-bond acceptors (Lipinski definition) is 4. The molecule has 27 heavy (non-hydrogen) atoms. The highest BCUT2D eigenvalue weighted by Gasteiger charge is 2.39. The number of nitrogens with two attached hydrogens (primary N) is 1. The van der Waals surface area contributed by atoms with E-state index in [2.05, 4.69) is 41.7 Å². The third-order valence-electron chi connectivity index (χ3n) is 4.73. The third-order valence-corrected chi connectivity index (χ3v) is 4.73. The van der Waals surface area contributed by atoms with E-state index in [4.69, 9.17) is 10.5 Å². The molecule has 0 aromatic heterocycles. The van der Waals surface area contributed by atoms with E-state index in [9.17, 15) is 4.79 Å². The van der Waals surface area contributed by atoms with E-state index in [1.807, 2.05) is 54.6 Å². The molecule has 3 N–H and O–H groups in total. The highest BCUT2D eigenvalue weighted by atomic mass is 16.5. The molecule has 1 atom stereocenters. The molecule has 4 heteroatoms. The van der Waals surface area contributed by atoms with Crippen molar-refractivity contribution in [3.63, 3.8) is 0 Å². The molecular weight excluding hydrogens is 336 g/mol. The first-order chi connectivity index (χ1) is 13.2. The molecule has 0 aliphatic carbocycles. The van der Waals surface area contributed by atoms with Crippen molar-refractivity contribution in [1.29, 1.82) is 0 Å². The number of rotatable bonds is 7. The maximum atomic E-state index is 12.3. The fraction of sp³-hybridized carbons (Fsp3) is 0.174. The van der Waals surface area contributed by atoms with Crippen LogP contribution in [0.25, 0.3) is 0 Å². The van der Waals surface area contributed by atoms with Crippen LogP contribution in [0.4, 0.5) is 0 Å². The minimum atomic E-state index is -0.748. The van der Waals surface area contributed by atoms with Crippen molar-refractivity contribution in [1.82, 2.24) is 5.32 Å². The van der Waals surface area contributed by atoms with Crippen molar-refractivity contribution in [3.05, 3.63) is 108 Å². The lowest BCUT2D eigenvalue weighted by molar-refractivity contribution is -0.143. The Morgan fingerprint density at radius 1 is 0.852 bits per heavy atom. The van der Waals surface area contributed by atoms with Crippen LogP contribution in [0.5, 0.6) is 0 Å². The van der Waals surface area contributed by atoms with Crippen molar-refractivity contribution in [2.45, 2.75) is 11.6 Å². The molecule has 0 aliphatic rings. The molecule has 0 saturated carbocycles. The van der Waals surface area contributed by atoms with Crippen LogP contribution in [0.2, 0.25) is 0 Å². The van der Waals surface area contributed by atoms with Gasteiger partial charge in [0.05, 0.1) is 12.6 Å². The fourth-order valence-electron chi connectivity index (χ4n) is 3.43. The minimum Gasteiger partial charge on any atom is -0.468 e. The second-order valence-electron chi connectivity index (χ2n) is 6.30. The zero-order chi connectivity index (χ0) is 19.1. The number of methoxy groups -OCH3 is 1. The van der Waals surface area contributed by atoms with Crippen LogP contribution in [-0.2, 0) is 15.1 Å². The summed E-state index contributed by atoms with van der Waals surface area (Å²) in [4.78, 5) is 12.3. The first kappa shape index (κ1) is 18.8. The summed E-state index contributed by atoms with van der Waals surface area (Å²) in [6.07, 6.45) is 0. The maximum absolute atomic E-state index is 12.3. The largest absolute Gasteiger partial charge is 0.468 e. The van der Waals surface area contributed by atoms with Crippen LogP contribution in [0.1, 0.15) is 16.7 Å². The molecule has 0 bridgehead atoms. The van der Waals surface area contributed by atoms with Gasteiger partial charge in [-0.15, -0.1) is 0 Å². The minimum absolute atomic E-state index is 0.126. The summed E-state index contributed by atoms with van der Waals surface area (Å²) in [6, 6.07) is 29.6. The highest BCUT2D eigenvalue weighted by Crippen LogP contribution is 2.37. The molecular formula is C23H24N2O2. The number of esters is 1. The zero-order valence-electron chi connectivity index (χ0n) is 15.3. The normalized spacial score (nSPS) is 12.4. The van der Waals surface area contributed by atoms with E-state index >= 15 is 0 Å². The second-order valence-corrected chi connectivity index (χ2v) is 6.30. The number of carbonyl (C=O) groups is 1. The van der Waals surface area contributed by atoms with Gasteiger partial charge in [-0.1, -0.05) is 91.0 Å². The first-order valence-corrected chi connectivity index (χ1v) is 8.94. The predicted octanol–water partition coefficient (Wildman–Crippen LogP) is 3.07. The molecule has 0 amide bonds. The molecule has 4 nitrogen and oxygen atoms in total. The van der Waals surface area contributed by atoms with Crippen LogP contribution >= 0.6 is 0 Å². The summed E-state index contributed by atoms with van der Waals surface area (Å²) >= 11 is 0. The Labute approximate surface area is 160 Å². The molecule has 0 aliphatic heterocycles. The number of ether oxygens (including phenoxy) is 1. The van der Waals surface area contributed by atoms with Gasteiger partial charge in [-0.05, 0) is 16.7 Å². The van der Waals surface area contributed by atoms with E-state index in [0.29, 0.717) is 0 Å². The highest BCUT2D eigenvalue weighted by molar-refractivity contribution is 5.76. The van der Waals surface area contributed by atoms with Gasteiger partial charge in [-0.2, -0.15) is 0 Å². The van der Waals surface area contributed by atoms with E-state index < -0.39 is 11.6 Å². The molecule has 1 unspecified atom stereocenters. The number of carbonyl (C=O) groups excluding carboxylic acids is 1. The molecule has 3 rings (SSSR count). The molecule has 138 valence electrons. The van der Waals surface area contributed by atoms with Gasteiger partial charge in [0.1, 0.15) is 6.04 Å². The Bertz CT molecular complexity index is 755. The Morgan fingerprint density at radius 2 is 1.22 bits per heavy atom. The van der Waals surface area contributed by atoms with E-state index in [-0.39, 0.29) is 12.5 Å². The second kappa shape index (κ2) is 8.62. The Hall–Kier alpha value is -2.95. The van der Waals surface area contributed by atoms with Crippen molar-refractivity contribution < 1.29 is 9.53 Å². The molecule has 3 aromatic carbocycles. The van der Waals surface area contributed by atoms with Crippen molar-refractivity contribution in [3.8, 4) is 0 Å². The predicted molar refractivity (Wildman–Crippen MR) is 107 cm³/mol. The lowest BCUT2D eigenvalue weighted by Crippen LogP contribution is -2.55. The van der Waals surface area contributed by atoms with Crippen molar-refractivity contribution >= 4 is 5.97 Å². The van der Waals surface area contributed by atoms with Crippen LogP contribution < -0.4 is 11.1 Å². The summed E-state index contributed by atoms with van der Waals surface area (Å²) in [5, 5.41) is 3.52. The van der Waals surface area contributed by atoms with Crippen molar-refractivity contribution in [2.75, 3.05) is 13.7 Å². The lowest BCUT2D eigenvalue weighted by Gasteiger charge is -2.39. The number of hydrogen-bond donors (Lipinski definition) is 2. The molecule has 0 radical (unpaired) electrons. The van der Waals surface area contributed by atoms with Gasteiger partial charge in [0.15, 0.2) is 0 Å². The Kier molecular flexibility index (Phi) is 6.01. The van der Waals surface area contributed by atoms with Gasteiger partial charge in [-0.3, -0.25) is 10.1 Å². The fourth-order valence-corrected chi connectivity index (χ4v) is 3.43. The monoisotopic (exact) mass is 360 g/mol.